The number of aromatic amines is 2. The minimum absolute atomic E-state index is 0.625. The van der Waals surface area contributed by atoms with Crippen LogP contribution in [0, 0.1) is 5.92 Å². The number of nitrogens with zero attached hydrogens (tertiary/aromatic N) is 1. The van der Waals surface area contributed by atoms with E-state index in [9.17, 15) is 0 Å². The third kappa shape index (κ3) is 2.94. The molecule has 26 heavy (non-hydrogen) atoms. The first-order chi connectivity index (χ1) is 12.7. The maximum atomic E-state index is 5.58. The van der Waals surface area contributed by atoms with Gasteiger partial charge in [-0.15, -0.1) is 0 Å². The van der Waals surface area contributed by atoms with Gasteiger partial charge >= 0.3 is 0 Å². The number of aliphatic imine (C=N–C) groups is 1. The van der Waals surface area contributed by atoms with E-state index in [1.54, 1.807) is 7.11 Å². The van der Waals surface area contributed by atoms with Crippen LogP contribution in [0.25, 0.3) is 17.5 Å². The average molecular weight is 349 g/mol. The molecule has 1 aliphatic heterocycles. The molecule has 1 aliphatic carbocycles. The lowest BCUT2D eigenvalue weighted by Crippen LogP contribution is -2.04. The Labute approximate surface area is 155 Å². The summed E-state index contributed by atoms with van der Waals surface area (Å²) in [6.45, 7) is 4.46. The molecule has 0 amide bonds. The van der Waals surface area contributed by atoms with Gasteiger partial charge in [0.05, 0.1) is 18.5 Å². The highest BCUT2D eigenvalue weighted by Crippen LogP contribution is 2.41. The molecule has 0 bridgehead atoms. The van der Waals surface area contributed by atoms with Crippen molar-refractivity contribution >= 4 is 11.8 Å². The smallest absolute Gasteiger partial charge is 0.146 e. The zero-order valence-corrected chi connectivity index (χ0v) is 15.9. The van der Waals surface area contributed by atoms with Crippen molar-refractivity contribution in [2.75, 3.05) is 7.11 Å². The number of H-pyrrole nitrogens is 2. The Morgan fingerprint density at radius 3 is 2.96 bits per heavy atom. The van der Waals surface area contributed by atoms with Crippen LogP contribution in [0.4, 0.5) is 0 Å². The highest BCUT2D eigenvalue weighted by atomic mass is 16.5. The van der Waals surface area contributed by atoms with Gasteiger partial charge in [-0.2, -0.15) is 0 Å². The van der Waals surface area contributed by atoms with Crippen LogP contribution < -0.4 is 4.74 Å². The number of hydrogen-bond acceptors (Lipinski definition) is 2. The fraction of sp³-hybridized carbons (Fsp3) is 0.409. The Morgan fingerprint density at radius 2 is 2.23 bits per heavy atom. The van der Waals surface area contributed by atoms with Gasteiger partial charge in [-0.05, 0) is 67.9 Å². The molecule has 0 fully saturated rings. The molecule has 136 valence electrons. The SMILES string of the molecule is CCC1CCCCC2=C1/C(=C/c1cc(OC)c(-c3ccc[nH]3)[nH]1)N=C2C. The third-order valence-electron chi connectivity index (χ3n) is 5.64. The minimum Gasteiger partial charge on any atom is -0.494 e. The van der Waals surface area contributed by atoms with Crippen LogP contribution in [-0.4, -0.2) is 22.8 Å². The van der Waals surface area contributed by atoms with Gasteiger partial charge in [-0.25, -0.2) is 0 Å². The van der Waals surface area contributed by atoms with E-state index >= 15 is 0 Å². The summed E-state index contributed by atoms with van der Waals surface area (Å²) in [7, 11) is 1.71. The lowest BCUT2D eigenvalue weighted by Gasteiger charge is -2.16. The van der Waals surface area contributed by atoms with E-state index in [1.807, 2.05) is 18.3 Å². The van der Waals surface area contributed by atoms with Crippen LogP contribution in [0.5, 0.6) is 5.75 Å². The van der Waals surface area contributed by atoms with E-state index in [0.717, 1.165) is 28.5 Å². The fourth-order valence-electron chi connectivity index (χ4n) is 4.31. The maximum absolute atomic E-state index is 5.58. The second kappa shape index (κ2) is 7.02. The summed E-state index contributed by atoms with van der Waals surface area (Å²) in [5, 5.41) is 0. The van der Waals surface area contributed by atoms with Gasteiger partial charge in [-0.1, -0.05) is 13.3 Å². The second-order valence-corrected chi connectivity index (χ2v) is 7.22. The Bertz CT molecular complexity index is 881. The third-order valence-corrected chi connectivity index (χ3v) is 5.64. The van der Waals surface area contributed by atoms with Crippen LogP contribution in [0.15, 0.2) is 46.2 Å². The molecule has 0 spiro atoms. The normalized spacial score (nSPS) is 21.7. The number of ether oxygens (including phenoxy) is 1. The molecule has 2 N–H and O–H groups in total. The summed E-state index contributed by atoms with van der Waals surface area (Å²) in [6, 6.07) is 6.10. The molecule has 4 nitrogen and oxygen atoms in total. The van der Waals surface area contributed by atoms with Gasteiger partial charge in [0, 0.05) is 23.7 Å². The van der Waals surface area contributed by atoms with E-state index in [4.69, 9.17) is 9.73 Å². The Hall–Kier alpha value is -2.49. The molecule has 2 aromatic rings. The average Bonchev–Trinajstić information content (AvgIpc) is 3.32. The standard InChI is InChI=1S/C22H27N3O/c1-4-15-8-5-6-9-17-14(2)24-19(21(15)17)12-16-13-20(26-3)22(25-16)18-10-7-11-23-18/h7,10-13,15,23,25H,4-6,8-9H2,1-3H3/b19-12-. The quantitative estimate of drug-likeness (QED) is 0.727. The Kier molecular flexibility index (Phi) is 4.58. The van der Waals surface area contributed by atoms with Crippen molar-refractivity contribution in [1.82, 2.24) is 9.97 Å². The van der Waals surface area contributed by atoms with Crippen LogP contribution in [-0.2, 0) is 0 Å². The summed E-state index contributed by atoms with van der Waals surface area (Å²) in [5.74, 6) is 1.47. The molecule has 0 saturated carbocycles. The molecule has 0 saturated heterocycles. The van der Waals surface area contributed by atoms with Gasteiger partial charge in [0.2, 0.25) is 0 Å². The predicted octanol–water partition coefficient (Wildman–Crippen LogP) is 5.73. The number of nitrogens with one attached hydrogen (secondary N) is 2. The summed E-state index contributed by atoms with van der Waals surface area (Å²) in [5.41, 5.74) is 8.35. The zero-order chi connectivity index (χ0) is 18.1. The van der Waals surface area contributed by atoms with Gasteiger partial charge in [0.1, 0.15) is 11.4 Å². The Morgan fingerprint density at radius 1 is 1.35 bits per heavy atom. The molecule has 4 rings (SSSR count). The van der Waals surface area contributed by atoms with Crippen LogP contribution in [0.1, 0.15) is 51.6 Å². The van der Waals surface area contributed by atoms with Gasteiger partial charge < -0.3 is 14.7 Å². The van der Waals surface area contributed by atoms with E-state index < -0.39 is 0 Å². The zero-order valence-electron chi connectivity index (χ0n) is 15.9. The van der Waals surface area contributed by atoms with Crippen molar-refractivity contribution in [3.8, 4) is 17.1 Å². The molecule has 1 unspecified atom stereocenters. The topological polar surface area (TPSA) is 53.2 Å². The molecule has 3 heterocycles. The molecule has 2 aromatic heterocycles. The number of aromatic nitrogens is 2. The van der Waals surface area contributed by atoms with E-state index in [1.165, 1.54) is 49.0 Å². The van der Waals surface area contributed by atoms with Crippen molar-refractivity contribution in [2.24, 2.45) is 10.9 Å². The fourth-order valence-corrected chi connectivity index (χ4v) is 4.31. The highest BCUT2D eigenvalue weighted by Gasteiger charge is 2.28. The molecular formula is C22H27N3O. The maximum Gasteiger partial charge on any atom is 0.146 e. The lowest BCUT2D eigenvalue weighted by atomic mass is 9.88. The first kappa shape index (κ1) is 17.0. The largest absolute Gasteiger partial charge is 0.494 e. The van der Waals surface area contributed by atoms with Crippen molar-refractivity contribution in [3.05, 3.63) is 46.9 Å². The number of rotatable bonds is 4. The molecular weight excluding hydrogens is 322 g/mol. The van der Waals surface area contributed by atoms with E-state index in [2.05, 4.69) is 36.0 Å². The van der Waals surface area contributed by atoms with Crippen molar-refractivity contribution < 1.29 is 4.74 Å². The monoisotopic (exact) mass is 349 g/mol. The molecule has 1 atom stereocenters. The minimum atomic E-state index is 0.625. The summed E-state index contributed by atoms with van der Waals surface area (Å²) in [6.07, 6.45) is 10.3. The first-order valence-electron chi connectivity index (χ1n) is 9.62. The molecule has 4 heteroatoms. The lowest BCUT2D eigenvalue weighted by molar-refractivity contribution is 0.417. The summed E-state index contributed by atoms with van der Waals surface area (Å²) < 4.78 is 5.58. The number of hydrogen-bond donors (Lipinski definition) is 2. The van der Waals surface area contributed by atoms with Crippen molar-refractivity contribution in [2.45, 2.75) is 46.0 Å². The van der Waals surface area contributed by atoms with E-state index in [-0.39, 0.29) is 0 Å². The van der Waals surface area contributed by atoms with Crippen molar-refractivity contribution in [3.63, 3.8) is 0 Å². The first-order valence-corrected chi connectivity index (χ1v) is 9.62. The molecule has 0 radical (unpaired) electrons. The predicted molar refractivity (Wildman–Crippen MR) is 107 cm³/mol. The van der Waals surface area contributed by atoms with Gasteiger partial charge in [0.15, 0.2) is 0 Å². The molecule has 0 aromatic carbocycles. The molecule has 2 aliphatic rings. The van der Waals surface area contributed by atoms with Gasteiger partial charge in [0.25, 0.3) is 0 Å². The van der Waals surface area contributed by atoms with Crippen LogP contribution >= 0.6 is 0 Å². The summed E-state index contributed by atoms with van der Waals surface area (Å²) in [4.78, 5) is 11.7. The summed E-state index contributed by atoms with van der Waals surface area (Å²) >= 11 is 0. The van der Waals surface area contributed by atoms with Crippen LogP contribution in [0.2, 0.25) is 0 Å². The van der Waals surface area contributed by atoms with E-state index in [0.29, 0.717) is 5.92 Å². The highest BCUT2D eigenvalue weighted by molar-refractivity contribution is 6.04. The Balaban J connectivity index is 1.75. The number of methoxy groups -OCH3 is 1. The van der Waals surface area contributed by atoms with Gasteiger partial charge in [-0.3, -0.25) is 4.99 Å². The van der Waals surface area contributed by atoms with Crippen molar-refractivity contribution in [1.29, 1.82) is 0 Å². The second-order valence-electron chi connectivity index (χ2n) is 7.22. The number of allylic oxidation sites excluding steroid dienone is 2. The van der Waals surface area contributed by atoms with Crippen LogP contribution in [0.3, 0.4) is 0 Å².